The van der Waals surface area contributed by atoms with Gasteiger partial charge in [0.15, 0.2) is 0 Å². The normalized spacial score (nSPS) is 18.8. The van der Waals surface area contributed by atoms with Crippen LogP contribution in [0.3, 0.4) is 0 Å². The van der Waals surface area contributed by atoms with Crippen LogP contribution in [0.25, 0.3) is 0 Å². The Hall–Kier alpha value is -1.35. The fourth-order valence-corrected chi connectivity index (χ4v) is 3.17. The number of hydrogen-bond acceptors (Lipinski definition) is 2. The fourth-order valence-electron chi connectivity index (χ4n) is 3.17. The SMILES string of the molecule is CCC1(C(=O)NC(C)c2ccc(CN)cc2)CCCC1. The molecule has 0 bridgehead atoms. The molecule has 1 saturated carbocycles. The molecule has 1 amide bonds. The molecule has 1 aliphatic rings. The number of amides is 1. The number of nitrogens with one attached hydrogen (secondary N) is 1. The summed E-state index contributed by atoms with van der Waals surface area (Å²) >= 11 is 0. The van der Waals surface area contributed by atoms with Crippen molar-refractivity contribution in [1.82, 2.24) is 5.32 Å². The summed E-state index contributed by atoms with van der Waals surface area (Å²) in [5.41, 5.74) is 7.74. The van der Waals surface area contributed by atoms with Crippen molar-refractivity contribution >= 4 is 5.91 Å². The number of benzene rings is 1. The highest BCUT2D eigenvalue weighted by Gasteiger charge is 2.39. The maximum Gasteiger partial charge on any atom is 0.226 e. The lowest BCUT2D eigenvalue weighted by Crippen LogP contribution is -2.40. The van der Waals surface area contributed by atoms with E-state index in [1.54, 1.807) is 0 Å². The highest BCUT2D eigenvalue weighted by molar-refractivity contribution is 5.83. The van der Waals surface area contributed by atoms with Crippen LogP contribution in [-0.2, 0) is 11.3 Å². The maximum absolute atomic E-state index is 12.6. The zero-order valence-corrected chi connectivity index (χ0v) is 12.6. The predicted octanol–water partition coefficient (Wildman–Crippen LogP) is 3.29. The van der Waals surface area contributed by atoms with E-state index < -0.39 is 0 Å². The molecule has 3 nitrogen and oxygen atoms in total. The summed E-state index contributed by atoms with van der Waals surface area (Å²) in [4.78, 5) is 12.6. The summed E-state index contributed by atoms with van der Waals surface area (Å²) in [6, 6.07) is 8.23. The molecule has 1 fully saturated rings. The van der Waals surface area contributed by atoms with Crippen LogP contribution in [-0.4, -0.2) is 5.91 Å². The lowest BCUT2D eigenvalue weighted by Gasteiger charge is -2.28. The Morgan fingerprint density at radius 1 is 1.30 bits per heavy atom. The summed E-state index contributed by atoms with van der Waals surface area (Å²) < 4.78 is 0. The molecule has 1 aromatic rings. The largest absolute Gasteiger partial charge is 0.349 e. The van der Waals surface area contributed by atoms with Gasteiger partial charge in [0, 0.05) is 12.0 Å². The monoisotopic (exact) mass is 274 g/mol. The Morgan fingerprint density at radius 2 is 1.90 bits per heavy atom. The first-order chi connectivity index (χ1) is 9.61. The van der Waals surface area contributed by atoms with Crippen molar-refractivity contribution in [3.05, 3.63) is 35.4 Å². The van der Waals surface area contributed by atoms with Crippen molar-refractivity contribution < 1.29 is 4.79 Å². The molecule has 1 atom stereocenters. The highest BCUT2D eigenvalue weighted by Crippen LogP contribution is 2.41. The number of carbonyl (C=O) groups excluding carboxylic acids is 1. The van der Waals surface area contributed by atoms with Crippen molar-refractivity contribution in [2.24, 2.45) is 11.1 Å². The van der Waals surface area contributed by atoms with E-state index in [4.69, 9.17) is 5.73 Å². The molecule has 3 N–H and O–H groups in total. The lowest BCUT2D eigenvalue weighted by atomic mass is 9.82. The first-order valence-electron chi connectivity index (χ1n) is 7.71. The zero-order valence-electron chi connectivity index (χ0n) is 12.6. The van der Waals surface area contributed by atoms with Gasteiger partial charge in [0.25, 0.3) is 0 Å². The van der Waals surface area contributed by atoms with E-state index in [1.165, 1.54) is 12.8 Å². The third-order valence-electron chi connectivity index (χ3n) is 4.78. The van der Waals surface area contributed by atoms with E-state index in [0.29, 0.717) is 6.54 Å². The van der Waals surface area contributed by atoms with E-state index in [-0.39, 0.29) is 17.4 Å². The molecule has 1 aliphatic carbocycles. The number of hydrogen-bond donors (Lipinski definition) is 2. The number of nitrogens with two attached hydrogens (primary N) is 1. The maximum atomic E-state index is 12.6. The van der Waals surface area contributed by atoms with Gasteiger partial charge in [-0.3, -0.25) is 4.79 Å². The molecule has 1 aromatic carbocycles. The van der Waals surface area contributed by atoms with Crippen LogP contribution in [0.1, 0.15) is 63.1 Å². The van der Waals surface area contributed by atoms with Gasteiger partial charge in [-0.15, -0.1) is 0 Å². The van der Waals surface area contributed by atoms with Gasteiger partial charge in [-0.25, -0.2) is 0 Å². The molecule has 2 rings (SSSR count). The minimum atomic E-state index is -0.120. The van der Waals surface area contributed by atoms with Gasteiger partial charge in [-0.1, -0.05) is 44.0 Å². The van der Waals surface area contributed by atoms with Crippen LogP contribution in [0.15, 0.2) is 24.3 Å². The van der Waals surface area contributed by atoms with Crippen LogP contribution >= 0.6 is 0 Å². The average molecular weight is 274 g/mol. The van der Waals surface area contributed by atoms with Gasteiger partial charge in [0.2, 0.25) is 5.91 Å². The predicted molar refractivity (Wildman–Crippen MR) is 82.1 cm³/mol. The zero-order chi connectivity index (χ0) is 14.6. The van der Waals surface area contributed by atoms with E-state index in [0.717, 1.165) is 30.4 Å². The quantitative estimate of drug-likeness (QED) is 0.865. The Balaban J connectivity index is 2.02. The van der Waals surface area contributed by atoms with Crippen LogP contribution in [0.2, 0.25) is 0 Å². The van der Waals surface area contributed by atoms with E-state index in [1.807, 2.05) is 19.1 Å². The summed E-state index contributed by atoms with van der Waals surface area (Å²) in [7, 11) is 0. The van der Waals surface area contributed by atoms with Gasteiger partial charge in [0.1, 0.15) is 0 Å². The first kappa shape index (κ1) is 15.0. The molecule has 110 valence electrons. The van der Waals surface area contributed by atoms with Crippen LogP contribution in [0.4, 0.5) is 0 Å². The van der Waals surface area contributed by atoms with Gasteiger partial charge in [-0.05, 0) is 37.3 Å². The number of carbonyl (C=O) groups is 1. The second-order valence-corrected chi connectivity index (χ2v) is 5.98. The molecule has 0 aromatic heterocycles. The Labute approximate surface area is 121 Å². The summed E-state index contributed by atoms with van der Waals surface area (Å²) in [6.07, 6.45) is 5.38. The molecule has 0 radical (unpaired) electrons. The standard InChI is InChI=1S/C17H26N2O/c1-3-17(10-4-5-11-17)16(20)19-13(2)15-8-6-14(12-18)7-9-15/h6-9,13H,3-5,10-12,18H2,1-2H3,(H,19,20). The molecule has 0 aliphatic heterocycles. The molecule has 0 saturated heterocycles. The van der Waals surface area contributed by atoms with Gasteiger partial charge in [0.05, 0.1) is 6.04 Å². The fraction of sp³-hybridized carbons (Fsp3) is 0.588. The van der Waals surface area contributed by atoms with Crippen molar-refractivity contribution in [3.63, 3.8) is 0 Å². The minimum Gasteiger partial charge on any atom is -0.349 e. The smallest absolute Gasteiger partial charge is 0.226 e. The molecule has 3 heteroatoms. The van der Waals surface area contributed by atoms with E-state index in [2.05, 4.69) is 24.4 Å². The van der Waals surface area contributed by atoms with Crippen LogP contribution in [0.5, 0.6) is 0 Å². The first-order valence-corrected chi connectivity index (χ1v) is 7.71. The second-order valence-electron chi connectivity index (χ2n) is 5.98. The Bertz CT molecular complexity index is 447. The highest BCUT2D eigenvalue weighted by atomic mass is 16.2. The molecule has 0 spiro atoms. The third-order valence-corrected chi connectivity index (χ3v) is 4.78. The Kier molecular flexibility index (Phi) is 4.81. The van der Waals surface area contributed by atoms with E-state index in [9.17, 15) is 4.79 Å². The molecular formula is C17H26N2O. The van der Waals surface area contributed by atoms with Crippen molar-refractivity contribution in [2.45, 2.75) is 58.5 Å². The number of rotatable bonds is 5. The van der Waals surface area contributed by atoms with E-state index >= 15 is 0 Å². The van der Waals surface area contributed by atoms with Gasteiger partial charge < -0.3 is 11.1 Å². The van der Waals surface area contributed by atoms with Crippen molar-refractivity contribution in [2.75, 3.05) is 0 Å². The molecule has 0 heterocycles. The average Bonchev–Trinajstić information content (AvgIpc) is 2.97. The lowest BCUT2D eigenvalue weighted by molar-refractivity contribution is -0.131. The van der Waals surface area contributed by atoms with Gasteiger partial charge >= 0.3 is 0 Å². The third kappa shape index (κ3) is 3.04. The summed E-state index contributed by atoms with van der Waals surface area (Å²) in [6.45, 7) is 4.74. The Morgan fingerprint density at radius 3 is 2.40 bits per heavy atom. The second kappa shape index (κ2) is 6.40. The van der Waals surface area contributed by atoms with Crippen LogP contribution in [0, 0.1) is 5.41 Å². The minimum absolute atomic E-state index is 0.0540. The summed E-state index contributed by atoms with van der Waals surface area (Å²) in [5.74, 6) is 0.230. The van der Waals surface area contributed by atoms with Crippen molar-refractivity contribution in [3.8, 4) is 0 Å². The van der Waals surface area contributed by atoms with Crippen molar-refractivity contribution in [1.29, 1.82) is 0 Å². The summed E-state index contributed by atoms with van der Waals surface area (Å²) in [5, 5.41) is 3.20. The van der Waals surface area contributed by atoms with Crippen LogP contribution < -0.4 is 11.1 Å². The van der Waals surface area contributed by atoms with Gasteiger partial charge in [-0.2, -0.15) is 0 Å². The molecular weight excluding hydrogens is 248 g/mol. The molecule has 1 unspecified atom stereocenters. The molecule has 20 heavy (non-hydrogen) atoms. The topological polar surface area (TPSA) is 55.1 Å².